The molecule has 0 spiro atoms. The van der Waals surface area contributed by atoms with E-state index in [9.17, 15) is 13.2 Å². The van der Waals surface area contributed by atoms with E-state index < -0.39 is 10.0 Å². The quantitative estimate of drug-likeness (QED) is 0.577. The van der Waals surface area contributed by atoms with Gasteiger partial charge in [0, 0.05) is 30.6 Å². The Morgan fingerprint density at radius 2 is 1.71 bits per heavy atom. The zero-order chi connectivity index (χ0) is 21.8. The highest BCUT2D eigenvalue weighted by atomic mass is 32.2. The summed E-state index contributed by atoms with van der Waals surface area (Å²) in [6, 6.07) is 7.89. The maximum absolute atomic E-state index is 12.9. The molecule has 1 aromatic carbocycles. The number of fused-ring (bicyclic) bond motifs is 1. The van der Waals surface area contributed by atoms with Gasteiger partial charge in [-0.2, -0.15) is 0 Å². The van der Waals surface area contributed by atoms with E-state index in [4.69, 9.17) is 0 Å². The molecule has 1 heterocycles. The average molecular weight is 446 g/mol. The third-order valence-corrected chi connectivity index (χ3v) is 8.39. The molecule has 1 aromatic rings. The van der Waals surface area contributed by atoms with Crippen molar-refractivity contribution in [2.75, 3.05) is 6.54 Å². The molecule has 1 amide bonds. The lowest BCUT2D eigenvalue weighted by Gasteiger charge is -2.37. The number of nitrogens with zero attached hydrogens (tertiary/aromatic N) is 2. The molecule has 1 aliphatic heterocycles. The van der Waals surface area contributed by atoms with Gasteiger partial charge in [-0.1, -0.05) is 31.9 Å². The van der Waals surface area contributed by atoms with Crippen molar-refractivity contribution in [2.45, 2.75) is 94.5 Å². The number of rotatable bonds is 9. The van der Waals surface area contributed by atoms with E-state index in [1.54, 1.807) is 18.2 Å². The van der Waals surface area contributed by atoms with E-state index in [1.807, 2.05) is 6.07 Å². The molecular weight excluding hydrogens is 410 g/mol. The molecule has 2 saturated carbocycles. The van der Waals surface area contributed by atoms with Gasteiger partial charge in [-0.3, -0.25) is 14.5 Å². The Labute approximate surface area is 186 Å². The van der Waals surface area contributed by atoms with Crippen molar-refractivity contribution < 1.29 is 13.2 Å². The third-order valence-electron chi connectivity index (χ3n) is 7.00. The van der Waals surface area contributed by atoms with Gasteiger partial charge in [0.15, 0.2) is 0 Å². The maximum Gasteiger partial charge on any atom is 0.263 e. The van der Waals surface area contributed by atoms with Gasteiger partial charge in [-0.05, 0) is 69.4 Å². The molecule has 2 fully saturated rings. The summed E-state index contributed by atoms with van der Waals surface area (Å²) in [6.45, 7) is 2.84. The molecule has 7 heteroatoms. The van der Waals surface area contributed by atoms with Gasteiger partial charge >= 0.3 is 0 Å². The van der Waals surface area contributed by atoms with Crippen LogP contribution >= 0.6 is 0 Å². The van der Waals surface area contributed by atoms with E-state index in [-0.39, 0.29) is 0 Å². The van der Waals surface area contributed by atoms with Crippen molar-refractivity contribution >= 4 is 21.8 Å². The summed E-state index contributed by atoms with van der Waals surface area (Å²) in [5.41, 5.74) is 0.649. The van der Waals surface area contributed by atoms with Crippen LogP contribution in [0.1, 0.15) is 83.1 Å². The number of hydrogen-bond acceptors (Lipinski definition) is 4. The molecule has 170 valence electrons. The third kappa shape index (κ3) is 5.30. The van der Waals surface area contributed by atoms with Crippen molar-refractivity contribution in [3.63, 3.8) is 0 Å². The standard InChI is InChI=1S/C24H35N3O3S/c1-2-18-11-13-19(14-12-18)27(20-15-16-20)23(28)10-4-3-7-17-25-24-21-8-5-6-9-22(21)31(29,30)26-24/h5-6,8-9,18-20H,2-4,7,10-17H2,1H3,(H,25,26). The minimum absolute atomic E-state index is 0.299. The molecule has 0 bridgehead atoms. The molecular formula is C24H35N3O3S. The monoisotopic (exact) mass is 445 g/mol. The van der Waals surface area contributed by atoms with E-state index in [2.05, 4.69) is 21.5 Å². The van der Waals surface area contributed by atoms with Gasteiger partial charge in [0.2, 0.25) is 5.91 Å². The van der Waals surface area contributed by atoms with E-state index in [0.717, 1.165) is 25.2 Å². The van der Waals surface area contributed by atoms with Gasteiger partial charge in [0.25, 0.3) is 10.0 Å². The SMILES string of the molecule is CCC1CCC(N(C(=O)CCCCCN=C2NS(=O)(=O)c3ccccc32)C2CC2)CC1. The fraction of sp³-hybridized carbons (Fsp3) is 0.667. The molecule has 0 aromatic heterocycles. The van der Waals surface area contributed by atoms with Crippen LogP contribution in [0.4, 0.5) is 0 Å². The van der Waals surface area contributed by atoms with E-state index >= 15 is 0 Å². The van der Waals surface area contributed by atoms with Crippen molar-refractivity contribution in [2.24, 2.45) is 10.9 Å². The smallest absolute Gasteiger partial charge is 0.263 e. The highest BCUT2D eigenvalue weighted by Crippen LogP contribution is 2.36. The number of sulfonamides is 1. The first-order chi connectivity index (χ1) is 15.0. The normalized spacial score (nSPS) is 25.8. The lowest BCUT2D eigenvalue weighted by Crippen LogP contribution is -2.43. The van der Waals surface area contributed by atoms with Crippen LogP contribution in [0, 0.1) is 5.92 Å². The predicted octanol–water partition coefficient (Wildman–Crippen LogP) is 4.25. The second kappa shape index (κ2) is 9.72. The van der Waals surface area contributed by atoms with E-state index in [0.29, 0.717) is 47.3 Å². The first-order valence-corrected chi connectivity index (χ1v) is 13.5. The summed E-state index contributed by atoms with van der Waals surface area (Å²) in [6.07, 6.45) is 11.8. The van der Waals surface area contributed by atoms with Gasteiger partial charge in [0.1, 0.15) is 5.84 Å². The van der Waals surface area contributed by atoms with Crippen LogP contribution in [0.15, 0.2) is 34.2 Å². The molecule has 0 radical (unpaired) electrons. The first-order valence-electron chi connectivity index (χ1n) is 12.0. The fourth-order valence-corrected chi connectivity index (χ4v) is 6.28. The Morgan fingerprint density at radius 3 is 2.39 bits per heavy atom. The molecule has 0 saturated heterocycles. The number of nitrogens with one attached hydrogen (secondary N) is 1. The summed E-state index contributed by atoms with van der Waals surface area (Å²) in [5.74, 6) is 1.63. The predicted molar refractivity (Wildman–Crippen MR) is 123 cm³/mol. The topological polar surface area (TPSA) is 78.8 Å². The van der Waals surface area contributed by atoms with Crippen LogP contribution in [-0.4, -0.2) is 43.7 Å². The van der Waals surface area contributed by atoms with Crippen LogP contribution in [0.25, 0.3) is 0 Å². The van der Waals surface area contributed by atoms with Crippen LogP contribution < -0.4 is 4.72 Å². The summed E-state index contributed by atoms with van der Waals surface area (Å²) in [4.78, 5) is 20.0. The zero-order valence-electron chi connectivity index (χ0n) is 18.6. The van der Waals surface area contributed by atoms with Crippen molar-refractivity contribution in [3.8, 4) is 0 Å². The van der Waals surface area contributed by atoms with Gasteiger partial charge in [-0.15, -0.1) is 0 Å². The van der Waals surface area contributed by atoms with Crippen molar-refractivity contribution in [1.29, 1.82) is 0 Å². The Morgan fingerprint density at radius 1 is 1.03 bits per heavy atom. The van der Waals surface area contributed by atoms with Crippen molar-refractivity contribution in [3.05, 3.63) is 29.8 Å². The second-order valence-electron chi connectivity index (χ2n) is 9.26. The minimum Gasteiger partial charge on any atom is -0.337 e. The largest absolute Gasteiger partial charge is 0.337 e. The number of carbonyl (C=O) groups excluding carboxylic acids is 1. The van der Waals surface area contributed by atoms with Crippen LogP contribution in [-0.2, 0) is 14.8 Å². The van der Waals surface area contributed by atoms with Crippen LogP contribution in [0.5, 0.6) is 0 Å². The number of benzene rings is 1. The molecule has 0 atom stereocenters. The number of amidine groups is 1. The fourth-order valence-electron chi connectivity index (χ4n) is 5.03. The summed E-state index contributed by atoms with van der Waals surface area (Å²) in [5, 5.41) is 0. The van der Waals surface area contributed by atoms with Gasteiger partial charge < -0.3 is 4.90 Å². The molecule has 1 N–H and O–H groups in total. The van der Waals surface area contributed by atoms with Gasteiger partial charge in [-0.25, -0.2) is 8.42 Å². The average Bonchev–Trinajstić information content (AvgIpc) is 3.57. The lowest BCUT2D eigenvalue weighted by molar-refractivity contribution is -0.135. The summed E-state index contributed by atoms with van der Waals surface area (Å²) >= 11 is 0. The number of carbonyl (C=O) groups is 1. The highest BCUT2D eigenvalue weighted by Gasteiger charge is 2.38. The summed E-state index contributed by atoms with van der Waals surface area (Å²) < 4.78 is 26.8. The zero-order valence-corrected chi connectivity index (χ0v) is 19.4. The molecule has 4 rings (SSSR count). The Bertz CT molecular complexity index is 916. The molecule has 2 aliphatic carbocycles. The molecule has 31 heavy (non-hydrogen) atoms. The minimum atomic E-state index is -3.47. The van der Waals surface area contributed by atoms with Crippen LogP contribution in [0.2, 0.25) is 0 Å². The lowest BCUT2D eigenvalue weighted by atomic mass is 9.83. The number of hydrogen-bond donors (Lipinski definition) is 1. The molecule has 3 aliphatic rings. The highest BCUT2D eigenvalue weighted by molar-refractivity contribution is 7.90. The number of aliphatic imine (C=N–C) groups is 1. The van der Waals surface area contributed by atoms with Gasteiger partial charge in [0.05, 0.1) is 4.90 Å². The molecule has 6 nitrogen and oxygen atoms in total. The maximum atomic E-state index is 12.9. The first kappa shape index (κ1) is 22.3. The summed E-state index contributed by atoms with van der Waals surface area (Å²) in [7, 11) is -3.47. The van der Waals surface area contributed by atoms with E-state index in [1.165, 1.54) is 44.9 Å². The molecule has 0 unspecified atom stereocenters. The number of unbranched alkanes of at least 4 members (excludes halogenated alkanes) is 2. The number of amides is 1. The van der Waals surface area contributed by atoms with Crippen molar-refractivity contribution in [1.82, 2.24) is 9.62 Å². The Balaban J connectivity index is 1.21. The Kier molecular flexibility index (Phi) is 6.99. The Hall–Kier alpha value is -1.89. The second-order valence-corrected chi connectivity index (χ2v) is 10.9. The van der Waals surface area contributed by atoms with Crippen LogP contribution in [0.3, 0.4) is 0 Å².